The van der Waals surface area contributed by atoms with Crippen molar-refractivity contribution in [2.24, 2.45) is 11.3 Å². The van der Waals surface area contributed by atoms with Gasteiger partial charge in [0.2, 0.25) is 11.0 Å². The Morgan fingerprint density at radius 2 is 2.25 bits per heavy atom. The third-order valence-corrected chi connectivity index (χ3v) is 5.79. The number of carbonyl (C=O) groups excluding carboxylic acids is 1. The molecule has 3 rings (SSSR count). The molecule has 8 heteroatoms. The molecular formula is C12H13F2N3OS2. The average molecular weight is 317 g/mol. The van der Waals surface area contributed by atoms with E-state index in [1.54, 1.807) is 6.08 Å². The van der Waals surface area contributed by atoms with Crippen LogP contribution in [0.15, 0.2) is 17.0 Å². The van der Waals surface area contributed by atoms with Crippen LogP contribution in [0.1, 0.15) is 19.3 Å². The number of nitrogens with zero attached hydrogens (tertiary/aromatic N) is 2. The Labute approximate surface area is 123 Å². The number of alkyl halides is 2. The predicted molar refractivity (Wildman–Crippen MR) is 74.2 cm³/mol. The van der Waals surface area contributed by atoms with Gasteiger partial charge in [0, 0.05) is 23.5 Å². The predicted octanol–water partition coefficient (Wildman–Crippen LogP) is 3.19. The number of rotatable bonds is 5. The number of amides is 1. The van der Waals surface area contributed by atoms with Gasteiger partial charge < -0.3 is 5.32 Å². The second kappa shape index (κ2) is 4.77. The molecule has 0 radical (unpaired) electrons. The zero-order chi connectivity index (χ0) is 14.4. The highest BCUT2D eigenvalue weighted by Crippen LogP contribution is 2.72. The summed E-state index contributed by atoms with van der Waals surface area (Å²) in [6.45, 7) is 3.61. The number of halogens is 2. The third-order valence-electron chi connectivity index (χ3n) is 3.82. The van der Waals surface area contributed by atoms with Gasteiger partial charge in [-0.3, -0.25) is 4.79 Å². The molecule has 1 amide bonds. The summed E-state index contributed by atoms with van der Waals surface area (Å²) in [5.41, 5.74) is -0.874. The minimum atomic E-state index is -2.55. The monoisotopic (exact) mass is 317 g/mol. The van der Waals surface area contributed by atoms with Gasteiger partial charge in [-0.05, 0) is 12.8 Å². The maximum absolute atomic E-state index is 13.1. The smallest absolute Gasteiger partial charge is 0.254 e. The number of hydrogen-bond acceptors (Lipinski definition) is 5. The number of carbonyl (C=O) groups is 1. The van der Waals surface area contributed by atoms with Crippen molar-refractivity contribution < 1.29 is 13.6 Å². The van der Waals surface area contributed by atoms with Crippen molar-refractivity contribution in [3.8, 4) is 0 Å². The number of hydrogen-bond donors (Lipinski definition) is 1. The van der Waals surface area contributed by atoms with Gasteiger partial charge >= 0.3 is 0 Å². The zero-order valence-electron chi connectivity index (χ0n) is 10.6. The van der Waals surface area contributed by atoms with Crippen molar-refractivity contribution >= 4 is 34.1 Å². The molecule has 1 N–H and O–H groups in total. The molecule has 2 fully saturated rings. The minimum Gasteiger partial charge on any atom is -0.300 e. The molecule has 1 spiro atoms. The lowest BCUT2D eigenvalue weighted by Gasteiger charge is -2.34. The molecule has 20 heavy (non-hydrogen) atoms. The number of nitrogens with one attached hydrogen (secondary N) is 1. The summed E-state index contributed by atoms with van der Waals surface area (Å²) in [7, 11) is 0. The van der Waals surface area contributed by atoms with E-state index in [9.17, 15) is 13.6 Å². The van der Waals surface area contributed by atoms with E-state index in [0.29, 0.717) is 5.13 Å². The van der Waals surface area contributed by atoms with Gasteiger partial charge in [-0.1, -0.05) is 29.2 Å². The maximum atomic E-state index is 13.1. The minimum absolute atomic E-state index is 0.0646. The first kappa shape index (κ1) is 13.9. The lowest BCUT2D eigenvalue weighted by atomic mass is 9.71. The molecule has 0 unspecified atom stereocenters. The molecule has 0 atom stereocenters. The normalized spacial score (nSPS) is 29.8. The molecular weight excluding hydrogens is 304 g/mol. The van der Waals surface area contributed by atoms with Gasteiger partial charge in [0.1, 0.15) is 0 Å². The highest BCUT2D eigenvalue weighted by atomic mass is 32.2. The Bertz CT molecular complexity index is 555. The van der Waals surface area contributed by atoms with E-state index < -0.39 is 11.3 Å². The van der Waals surface area contributed by atoms with Gasteiger partial charge in [-0.2, -0.15) is 0 Å². The van der Waals surface area contributed by atoms with E-state index in [4.69, 9.17) is 0 Å². The summed E-state index contributed by atoms with van der Waals surface area (Å²) in [6, 6.07) is 0. The van der Waals surface area contributed by atoms with Gasteiger partial charge in [0.25, 0.3) is 5.92 Å². The van der Waals surface area contributed by atoms with Gasteiger partial charge in [0.05, 0.1) is 0 Å². The first-order chi connectivity index (χ1) is 9.46. The molecule has 108 valence electrons. The van der Waals surface area contributed by atoms with Crippen LogP contribution < -0.4 is 5.32 Å². The van der Waals surface area contributed by atoms with E-state index in [0.717, 1.165) is 10.1 Å². The molecule has 1 aromatic heterocycles. The molecule has 2 aliphatic rings. The van der Waals surface area contributed by atoms with Crippen molar-refractivity contribution in [1.29, 1.82) is 0 Å². The Hall–Kier alpha value is -1.02. The molecule has 4 nitrogen and oxygen atoms in total. The fourth-order valence-electron chi connectivity index (χ4n) is 2.55. The summed E-state index contributed by atoms with van der Waals surface area (Å²) in [5, 5.41) is 10.9. The summed E-state index contributed by atoms with van der Waals surface area (Å²) in [5.74, 6) is -2.38. The molecule has 2 aliphatic carbocycles. The van der Waals surface area contributed by atoms with Crippen molar-refractivity contribution in [3.63, 3.8) is 0 Å². The standard InChI is InChI=1S/C12H13F2N3OS2/c1-2-3-19-10-17-16-9(20-10)15-8(18)7-4-11(5-7)6-12(11,13)14/h2,7H,1,3-6H2,(H,15,16,18). The second-order valence-corrected chi connectivity index (χ2v) is 7.47. The topological polar surface area (TPSA) is 54.9 Å². The van der Waals surface area contributed by atoms with Gasteiger partial charge in [0.15, 0.2) is 4.34 Å². The first-order valence-electron chi connectivity index (χ1n) is 6.22. The van der Waals surface area contributed by atoms with Crippen LogP contribution in [-0.2, 0) is 4.79 Å². The van der Waals surface area contributed by atoms with Crippen molar-refractivity contribution in [2.45, 2.75) is 29.5 Å². The fourth-order valence-corrected chi connectivity index (χ4v) is 4.06. The van der Waals surface area contributed by atoms with Crippen molar-refractivity contribution in [2.75, 3.05) is 11.1 Å². The van der Waals surface area contributed by atoms with E-state index in [1.807, 2.05) is 0 Å². The quantitative estimate of drug-likeness (QED) is 0.515. The summed E-state index contributed by atoms with van der Waals surface area (Å²) in [6.07, 6.45) is 2.25. The van der Waals surface area contributed by atoms with Crippen LogP contribution in [0.5, 0.6) is 0 Å². The lowest BCUT2D eigenvalue weighted by Crippen LogP contribution is -2.38. The van der Waals surface area contributed by atoms with Crippen LogP contribution >= 0.6 is 23.1 Å². The van der Waals surface area contributed by atoms with E-state index in [1.165, 1.54) is 23.1 Å². The van der Waals surface area contributed by atoms with Crippen LogP contribution in [0.4, 0.5) is 13.9 Å². The van der Waals surface area contributed by atoms with E-state index in [-0.39, 0.29) is 31.1 Å². The van der Waals surface area contributed by atoms with E-state index >= 15 is 0 Å². The Kier molecular flexibility index (Phi) is 3.32. The highest BCUT2D eigenvalue weighted by molar-refractivity contribution is 8.01. The fraction of sp³-hybridized carbons (Fsp3) is 0.583. The second-order valence-electron chi connectivity index (χ2n) is 5.23. The third kappa shape index (κ3) is 2.35. The Morgan fingerprint density at radius 1 is 1.55 bits per heavy atom. The molecule has 0 aliphatic heterocycles. The molecule has 2 saturated carbocycles. The molecule has 0 saturated heterocycles. The summed E-state index contributed by atoms with van der Waals surface area (Å²) >= 11 is 2.76. The molecule has 0 bridgehead atoms. The summed E-state index contributed by atoms with van der Waals surface area (Å²) in [4.78, 5) is 11.9. The maximum Gasteiger partial charge on any atom is 0.254 e. The number of aromatic nitrogens is 2. The van der Waals surface area contributed by atoms with Crippen molar-refractivity contribution in [1.82, 2.24) is 10.2 Å². The van der Waals surface area contributed by atoms with Crippen LogP contribution in [0.3, 0.4) is 0 Å². The molecule has 1 aromatic rings. The van der Waals surface area contributed by atoms with Gasteiger partial charge in [-0.15, -0.1) is 16.8 Å². The highest BCUT2D eigenvalue weighted by Gasteiger charge is 2.76. The first-order valence-corrected chi connectivity index (χ1v) is 8.02. The largest absolute Gasteiger partial charge is 0.300 e. The average Bonchev–Trinajstić information content (AvgIpc) is 2.70. The SMILES string of the molecule is C=CCSc1nnc(NC(=O)C2CC3(C2)CC3(F)F)s1. The zero-order valence-corrected chi connectivity index (χ0v) is 12.2. The van der Waals surface area contributed by atoms with Crippen LogP contribution in [-0.4, -0.2) is 27.8 Å². The summed E-state index contributed by atoms with van der Waals surface area (Å²) < 4.78 is 26.9. The molecule has 0 aromatic carbocycles. The van der Waals surface area contributed by atoms with E-state index in [2.05, 4.69) is 22.1 Å². The number of anilines is 1. The van der Waals surface area contributed by atoms with Gasteiger partial charge in [-0.25, -0.2) is 8.78 Å². The van der Waals surface area contributed by atoms with Crippen LogP contribution in [0, 0.1) is 11.3 Å². The lowest BCUT2D eigenvalue weighted by molar-refractivity contribution is -0.126. The Balaban J connectivity index is 1.50. The van der Waals surface area contributed by atoms with Crippen LogP contribution in [0.2, 0.25) is 0 Å². The Morgan fingerprint density at radius 3 is 2.85 bits per heavy atom. The number of thioether (sulfide) groups is 1. The molecule has 1 heterocycles. The van der Waals surface area contributed by atoms with Crippen molar-refractivity contribution in [3.05, 3.63) is 12.7 Å². The van der Waals surface area contributed by atoms with Crippen LogP contribution in [0.25, 0.3) is 0 Å².